The Bertz CT molecular complexity index is 933. The summed E-state index contributed by atoms with van der Waals surface area (Å²) in [4.78, 5) is 12.9. The number of ether oxygens (including phenoxy) is 1. The molecule has 1 rings (SSSR count). The standard InChI is InChI=1S/C42H80O11/c1-4-5-13-31(3)41-29-39(50)24-11-23-38(49)28-40(51)27-37(48)22-10-19-34(45)17-8-15-32(43)14-7-16-33(44)18-9-21-36(47)26-35(46)20-6-12-30(2)25-42(52)53-41/h25,31-41,43-51H,4-24,26-29H2,1-3H3/b30-25-/t31?,32?,33?,34?,35-,36+,37-,38-,39-,40-,41?/m0/s1. The maximum absolute atomic E-state index is 12.9. The molecule has 1 heterocycles. The van der Waals surface area contributed by atoms with Crippen LogP contribution >= 0.6 is 0 Å². The van der Waals surface area contributed by atoms with E-state index in [2.05, 4.69) is 6.92 Å². The first kappa shape index (κ1) is 49.9. The van der Waals surface area contributed by atoms with E-state index in [9.17, 15) is 50.8 Å². The van der Waals surface area contributed by atoms with Crippen LogP contribution in [0.5, 0.6) is 0 Å². The predicted octanol–water partition coefficient (Wildman–Crippen LogP) is 5.51. The lowest BCUT2D eigenvalue weighted by molar-refractivity contribution is -0.147. The van der Waals surface area contributed by atoms with Crippen molar-refractivity contribution in [2.24, 2.45) is 5.92 Å². The van der Waals surface area contributed by atoms with E-state index in [-0.39, 0.29) is 25.2 Å². The molecule has 0 amide bonds. The molecule has 0 aromatic heterocycles. The number of esters is 1. The van der Waals surface area contributed by atoms with Crippen molar-refractivity contribution in [1.82, 2.24) is 0 Å². The maximum atomic E-state index is 12.9. The largest absolute Gasteiger partial charge is 0.459 e. The van der Waals surface area contributed by atoms with Gasteiger partial charge < -0.3 is 50.7 Å². The minimum Gasteiger partial charge on any atom is -0.459 e. The lowest BCUT2D eigenvalue weighted by Crippen LogP contribution is -2.29. The Hall–Kier alpha value is -1.15. The molecule has 53 heavy (non-hydrogen) atoms. The van der Waals surface area contributed by atoms with Crippen LogP contribution in [0.1, 0.15) is 181 Å². The Kier molecular flexibility index (Phi) is 28.3. The van der Waals surface area contributed by atoms with E-state index in [0.29, 0.717) is 122 Å². The first-order chi connectivity index (χ1) is 25.2. The quantitative estimate of drug-likeness (QED) is 0.163. The molecule has 0 aliphatic carbocycles. The second-order valence-electron chi connectivity index (χ2n) is 16.5. The SMILES string of the molecule is CCCCC(C)C1C[C@@H](O)CCC[C@H](O)C[C@@H](O)C[C@@H](O)CCCC(O)CCCC(O)CCCC(O)CCC[C@@H](O)C[C@@H](O)CCC/C(C)=C\C(=O)O1. The number of hydrogen-bond donors (Lipinski definition) is 9. The van der Waals surface area contributed by atoms with Crippen LogP contribution in [-0.2, 0) is 9.53 Å². The smallest absolute Gasteiger partial charge is 0.330 e. The average molecular weight is 761 g/mol. The van der Waals surface area contributed by atoms with E-state index in [1.54, 1.807) is 0 Å². The van der Waals surface area contributed by atoms with Gasteiger partial charge in [-0.15, -0.1) is 0 Å². The third-order valence-corrected chi connectivity index (χ3v) is 10.9. The Morgan fingerprint density at radius 3 is 1.28 bits per heavy atom. The van der Waals surface area contributed by atoms with Gasteiger partial charge in [-0.3, -0.25) is 0 Å². The first-order valence-corrected chi connectivity index (χ1v) is 21.2. The predicted molar refractivity (Wildman–Crippen MR) is 208 cm³/mol. The zero-order valence-electron chi connectivity index (χ0n) is 33.4. The summed E-state index contributed by atoms with van der Waals surface area (Å²) in [6.45, 7) is 5.99. The van der Waals surface area contributed by atoms with Gasteiger partial charge in [-0.25, -0.2) is 4.79 Å². The Morgan fingerprint density at radius 1 is 0.547 bits per heavy atom. The molecule has 0 aromatic rings. The summed E-state index contributed by atoms with van der Waals surface area (Å²) in [6, 6.07) is 0. The number of hydrogen-bond acceptors (Lipinski definition) is 11. The molecule has 11 nitrogen and oxygen atoms in total. The number of carbonyl (C=O) groups is 1. The van der Waals surface area contributed by atoms with Gasteiger partial charge in [0.05, 0.1) is 54.9 Å². The third-order valence-electron chi connectivity index (χ3n) is 10.9. The highest BCUT2D eigenvalue weighted by Crippen LogP contribution is 2.24. The third kappa shape index (κ3) is 27.2. The molecule has 5 unspecified atom stereocenters. The number of cyclic esters (lactones) is 1. The summed E-state index contributed by atoms with van der Waals surface area (Å²) in [7, 11) is 0. The van der Waals surface area contributed by atoms with E-state index in [4.69, 9.17) is 4.74 Å². The summed E-state index contributed by atoms with van der Waals surface area (Å²) in [6.07, 6.45) is 8.57. The number of carbonyl (C=O) groups excluding carboxylic acids is 1. The van der Waals surface area contributed by atoms with Crippen LogP contribution in [0.4, 0.5) is 0 Å². The summed E-state index contributed by atoms with van der Waals surface area (Å²) in [5.41, 5.74) is 0.829. The molecule has 0 fully saturated rings. The molecule has 9 N–H and O–H groups in total. The average Bonchev–Trinajstić information content (AvgIpc) is 3.06. The van der Waals surface area contributed by atoms with Gasteiger partial charge in [0.1, 0.15) is 6.10 Å². The maximum Gasteiger partial charge on any atom is 0.330 e. The van der Waals surface area contributed by atoms with Gasteiger partial charge in [0.15, 0.2) is 0 Å². The number of allylic oxidation sites excluding steroid dienone is 1. The second-order valence-corrected chi connectivity index (χ2v) is 16.5. The van der Waals surface area contributed by atoms with Gasteiger partial charge >= 0.3 is 5.97 Å². The zero-order valence-corrected chi connectivity index (χ0v) is 33.4. The van der Waals surface area contributed by atoms with E-state index in [0.717, 1.165) is 24.8 Å². The van der Waals surface area contributed by atoms with Crippen LogP contribution in [0.3, 0.4) is 0 Å². The van der Waals surface area contributed by atoms with Crippen molar-refractivity contribution in [3.8, 4) is 0 Å². The van der Waals surface area contributed by atoms with Crippen molar-refractivity contribution in [3.05, 3.63) is 11.6 Å². The Balaban J connectivity index is 2.79. The molecule has 1 aliphatic rings. The fourth-order valence-electron chi connectivity index (χ4n) is 7.46. The highest BCUT2D eigenvalue weighted by molar-refractivity contribution is 5.82. The molecule has 0 saturated carbocycles. The van der Waals surface area contributed by atoms with Gasteiger partial charge in [0, 0.05) is 12.5 Å². The lowest BCUT2D eigenvalue weighted by Gasteiger charge is -2.26. The molecule has 1 aliphatic heterocycles. The molecule has 0 radical (unpaired) electrons. The Morgan fingerprint density at radius 2 is 0.887 bits per heavy atom. The molecular weight excluding hydrogens is 680 g/mol. The van der Waals surface area contributed by atoms with Gasteiger partial charge in [-0.1, -0.05) is 32.3 Å². The van der Waals surface area contributed by atoms with Crippen LogP contribution in [0, 0.1) is 5.92 Å². The molecule has 0 bridgehead atoms. The molecule has 11 heteroatoms. The second kappa shape index (κ2) is 30.0. The van der Waals surface area contributed by atoms with E-state index >= 15 is 0 Å². The monoisotopic (exact) mass is 761 g/mol. The molecule has 0 saturated heterocycles. The van der Waals surface area contributed by atoms with Crippen molar-refractivity contribution in [2.75, 3.05) is 0 Å². The minimum atomic E-state index is -0.869. The summed E-state index contributed by atoms with van der Waals surface area (Å²) in [5, 5.41) is 94.2. The van der Waals surface area contributed by atoms with Crippen molar-refractivity contribution in [3.63, 3.8) is 0 Å². The fraction of sp³-hybridized carbons (Fsp3) is 0.929. The van der Waals surface area contributed by atoms with Crippen LogP contribution in [0.25, 0.3) is 0 Å². The number of aliphatic hydroxyl groups is 9. The highest BCUT2D eigenvalue weighted by Gasteiger charge is 2.25. The van der Waals surface area contributed by atoms with Crippen molar-refractivity contribution >= 4 is 5.97 Å². The van der Waals surface area contributed by atoms with Crippen LogP contribution in [0.15, 0.2) is 11.6 Å². The molecule has 0 spiro atoms. The zero-order chi connectivity index (χ0) is 39.6. The van der Waals surface area contributed by atoms with Crippen LogP contribution in [0.2, 0.25) is 0 Å². The Labute approximate surface area is 320 Å². The van der Waals surface area contributed by atoms with Gasteiger partial charge in [0.2, 0.25) is 0 Å². The normalized spacial score (nSPS) is 35.7. The highest BCUT2D eigenvalue weighted by atomic mass is 16.5. The van der Waals surface area contributed by atoms with E-state index < -0.39 is 67.0 Å². The summed E-state index contributed by atoms with van der Waals surface area (Å²) >= 11 is 0. The minimum absolute atomic E-state index is 0.0578. The summed E-state index contributed by atoms with van der Waals surface area (Å²) < 4.78 is 5.88. The lowest BCUT2D eigenvalue weighted by atomic mass is 9.92. The van der Waals surface area contributed by atoms with Crippen LogP contribution < -0.4 is 0 Å². The van der Waals surface area contributed by atoms with Gasteiger partial charge in [-0.05, 0) is 154 Å². The number of unbranched alkanes of at least 4 members (excludes halogenated alkanes) is 1. The van der Waals surface area contributed by atoms with Gasteiger partial charge in [-0.2, -0.15) is 0 Å². The fourth-order valence-corrected chi connectivity index (χ4v) is 7.46. The molecular formula is C42H80O11. The van der Waals surface area contributed by atoms with Gasteiger partial charge in [0.25, 0.3) is 0 Å². The van der Waals surface area contributed by atoms with E-state index in [1.807, 2.05) is 13.8 Å². The topological polar surface area (TPSA) is 208 Å². The first-order valence-electron chi connectivity index (χ1n) is 21.2. The van der Waals surface area contributed by atoms with Crippen LogP contribution in [-0.4, -0.2) is 113 Å². The number of aliphatic hydroxyl groups excluding tert-OH is 9. The van der Waals surface area contributed by atoms with Crippen molar-refractivity contribution in [2.45, 2.75) is 242 Å². The number of rotatable bonds is 4. The van der Waals surface area contributed by atoms with Crippen molar-refractivity contribution in [1.29, 1.82) is 0 Å². The molecule has 11 atom stereocenters. The molecule has 0 aromatic carbocycles. The summed E-state index contributed by atoms with van der Waals surface area (Å²) in [5.74, 6) is -0.397. The van der Waals surface area contributed by atoms with E-state index in [1.165, 1.54) is 6.08 Å². The van der Waals surface area contributed by atoms with Crippen molar-refractivity contribution < 1.29 is 55.5 Å². The molecule has 314 valence electrons.